The molecule has 0 fully saturated rings. The highest BCUT2D eigenvalue weighted by Gasteiger charge is 2.43. The molecule has 3 nitrogen and oxygen atoms in total. The van der Waals surface area contributed by atoms with Crippen molar-refractivity contribution in [1.29, 1.82) is 0 Å². The molecule has 0 saturated carbocycles. The SMILES string of the molecule is CC(C)(CC(N)=O)NC(c1ccccc1)C(F)(F)F. The molecule has 0 spiro atoms. The fraction of sp³-hybridized carbons (Fsp3) is 0.462. The van der Waals surface area contributed by atoms with Crippen molar-refractivity contribution in [3.63, 3.8) is 0 Å². The molecule has 6 heteroatoms. The molecular weight excluding hydrogens is 257 g/mol. The predicted octanol–water partition coefficient (Wildman–Crippen LogP) is 2.53. The molecule has 1 aromatic rings. The van der Waals surface area contributed by atoms with Gasteiger partial charge >= 0.3 is 6.18 Å². The van der Waals surface area contributed by atoms with E-state index in [2.05, 4.69) is 5.32 Å². The number of carbonyl (C=O) groups excluding carboxylic acids is 1. The van der Waals surface area contributed by atoms with Crippen molar-refractivity contribution < 1.29 is 18.0 Å². The van der Waals surface area contributed by atoms with E-state index in [9.17, 15) is 18.0 Å². The maximum absolute atomic E-state index is 13.1. The van der Waals surface area contributed by atoms with Crippen molar-refractivity contribution in [2.45, 2.75) is 38.0 Å². The van der Waals surface area contributed by atoms with Gasteiger partial charge in [-0.05, 0) is 19.4 Å². The molecule has 0 aliphatic carbocycles. The van der Waals surface area contributed by atoms with Gasteiger partial charge in [-0.25, -0.2) is 0 Å². The van der Waals surface area contributed by atoms with Gasteiger partial charge in [-0.2, -0.15) is 13.2 Å². The van der Waals surface area contributed by atoms with Gasteiger partial charge in [0.05, 0.1) is 0 Å². The maximum atomic E-state index is 13.1. The summed E-state index contributed by atoms with van der Waals surface area (Å²) in [5.74, 6) is -0.647. The van der Waals surface area contributed by atoms with E-state index in [1.165, 1.54) is 38.1 Å². The number of carbonyl (C=O) groups is 1. The Kier molecular flexibility index (Phi) is 4.57. The Bertz CT molecular complexity index is 429. The Morgan fingerprint density at radius 2 is 1.79 bits per heavy atom. The van der Waals surface area contributed by atoms with Gasteiger partial charge in [0.2, 0.25) is 5.91 Å². The molecule has 0 heterocycles. The Balaban J connectivity index is 2.98. The number of alkyl halides is 3. The Hall–Kier alpha value is -1.56. The van der Waals surface area contributed by atoms with Crippen LogP contribution >= 0.6 is 0 Å². The first-order chi connectivity index (χ1) is 8.62. The van der Waals surface area contributed by atoms with Gasteiger partial charge in [0.25, 0.3) is 0 Å². The third-order valence-electron chi connectivity index (χ3n) is 2.61. The van der Waals surface area contributed by atoms with Gasteiger partial charge in [0.1, 0.15) is 6.04 Å². The third-order valence-corrected chi connectivity index (χ3v) is 2.61. The molecule has 0 radical (unpaired) electrons. The van der Waals surface area contributed by atoms with Crippen molar-refractivity contribution in [2.75, 3.05) is 0 Å². The van der Waals surface area contributed by atoms with Crippen LogP contribution in [0.5, 0.6) is 0 Å². The third kappa shape index (κ3) is 4.90. The molecule has 3 N–H and O–H groups in total. The molecule has 1 rings (SSSR count). The van der Waals surface area contributed by atoms with Crippen LogP contribution in [0, 0.1) is 0 Å². The van der Waals surface area contributed by atoms with Crippen LogP contribution in [0.1, 0.15) is 31.9 Å². The lowest BCUT2D eigenvalue weighted by Crippen LogP contribution is -2.48. The number of halogens is 3. The highest BCUT2D eigenvalue weighted by atomic mass is 19.4. The molecule has 1 aromatic carbocycles. The first kappa shape index (κ1) is 15.5. The number of nitrogens with one attached hydrogen (secondary N) is 1. The number of amides is 1. The monoisotopic (exact) mass is 274 g/mol. The van der Waals surface area contributed by atoms with Crippen molar-refractivity contribution in [3.8, 4) is 0 Å². The zero-order chi connectivity index (χ0) is 14.7. The van der Waals surface area contributed by atoms with E-state index >= 15 is 0 Å². The zero-order valence-corrected chi connectivity index (χ0v) is 10.8. The average molecular weight is 274 g/mol. The minimum Gasteiger partial charge on any atom is -0.370 e. The Morgan fingerprint density at radius 3 is 2.21 bits per heavy atom. The number of nitrogens with two attached hydrogens (primary N) is 1. The van der Waals surface area contributed by atoms with E-state index < -0.39 is 23.7 Å². The van der Waals surface area contributed by atoms with E-state index in [0.717, 1.165) is 0 Å². The summed E-state index contributed by atoms with van der Waals surface area (Å²) in [6, 6.07) is 5.68. The first-order valence-corrected chi connectivity index (χ1v) is 5.79. The summed E-state index contributed by atoms with van der Waals surface area (Å²) in [7, 11) is 0. The molecule has 0 aliphatic heterocycles. The lowest BCUT2D eigenvalue weighted by molar-refractivity contribution is -0.163. The number of primary amides is 1. The number of benzene rings is 1. The summed E-state index contributed by atoms with van der Waals surface area (Å²) in [5, 5.41) is 2.46. The molecule has 1 unspecified atom stereocenters. The van der Waals surface area contributed by atoms with E-state index in [4.69, 9.17) is 5.73 Å². The zero-order valence-electron chi connectivity index (χ0n) is 10.8. The lowest BCUT2D eigenvalue weighted by Gasteiger charge is -2.32. The van der Waals surface area contributed by atoms with E-state index in [1.54, 1.807) is 6.07 Å². The van der Waals surface area contributed by atoms with Gasteiger partial charge in [-0.15, -0.1) is 0 Å². The summed E-state index contributed by atoms with van der Waals surface area (Å²) >= 11 is 0. The first-order valence-electron chi connectivity index (χ1n) is 5.79. The molecule has 1 atom stereocenters. The van der Waals surface area contributed by atoms with E-state index in [0.29, 0.717) is 0 Å². The Labute approximate surface area is 110 Å². The summed E-state index contributed by atoms with van der Waals surface area (Å²) < 4.78 is 39.3. The largest absolute Gasteiger partial charge is 0.407 e. The summed E-state index contributed by atoms with van der Waals surface area (Å²) in [5.41, 5.74) is 4.11. The number of hydrogen-bond donors (Lipinski definition) is 2. The fourth-order valence-electron chi connectivity index (χ4n) is 1.88. The van der Waals surface area contributed by atoms with Gasteiger partial charge in [-0.3, -0.25) is 10.1 Å². The molecule has 106 valence electrons. The molecule has 0 bridgehead atoms. The van der Waals surface area contributed by atoms with E-state index in [1.807, 2.05) is 0 Å². The minimum absolute atomic E-state index is 0.104. The van der Waals surface area contributed by atoms with Gasteiger partial charge in [0, 0.05) is 12.0 Å². The molecule has 1 amide bonds. The second kappa shape index (κ2) is 5.61. The Morgan fingerprint density at radius 1 is 1.26 bits per heavy atom. The van der Waals surface area contributed by atoms with Crippen molar-refractivity contribution >= 4 is 5.91 Å². The van der Waals surface area contributed by atoms with Crippen molar-refractivity contribution in [2.24, 2.45) is 5.73 Å². The quantitative estimate of drug-likeness (QED) is 0.867. The standard InChI is InChI=1S/C13H17F3N2O/c1-12(2,8-10(17)19)18-11(13(14,15)16)9-6-4-3-5-7-9/h3-7,11,18H,8H2,1-2H3,(H2,17,19). The van der Waals surface area contributed by atoms with Crippen molar-refractivity contribution in [3.05, 3.63) is 35.9 Å². The smallest absolute Gasteiger partial charge is 0.370 e. The topological polar surface area (TPSA) is 55.1 Å². The maximum Gasteiger partial charge on any atom is 0.407 e. The molecule has 0 saturated heterocycles. The highest BCUT2D eigenvalue weighted by molar-refractivity contribution is 5.75. The lowest BCUT2D eigenvalue weighted by atomic mass is 9.96. The van der Waals surface area contributed by atoms with Crippen molar-refractivity contribution in [1.82, 2.24) is 5.32 Å². The van der Waals surface area contributed by atoms with Crippen LogP contribution in [-0.4, -0.2) is 17.6 Å². The second-order valence-electron chi connectivity index (χ2n) is 5.06. The number of rotatable bonds is 5. The van der Waals surface area contributed by atoms with Crippen LogP contribution < -0.4 is 11.1 Å². The fourth-order valence-corrected chi connectivity index (χ4v) is 1.88. The highest BCUT2D eigenvalue weighted by Crippen LogP contribution is 2.34. The van der Waals surface area contributed by atoms with Crippen LogP contribution in [0.25, 0.3) is 0 Å². The van der Waals surface area contributed by atoms with Crippen LogP contribution in [0.3, 0.4) is 0 Å². The summed E-state index contributed by atoms with van der Waals surface area (Å²) in [6.07, 6.45) is -4.62. The van der Waals surface area contributed by atoms with Crippen LogP contribution in [-0.2, 0) is 4.79 Å². The van der Waals surface area contributed by atoms with Crippen LogP contribution in [0.2, 0.25) is 0 Å². The van der Waals surface area contributed by atoms with Gasteiger partial charge in [0.15, 0.2) is 0 Å². The van der Waals surface area contributed by atoms with Gasteiger partial charge < -0.3 is 5.73 Å². The second-order valence-corrected chi connectivity index (χ2v) is 5.06. The van der Waals surface area contributed by atoms with E-state index in [-0.39, 0.29) is 12.0 Å². The molecular formula is C13H17F3N2O. The normalized spacial score (nSPS) is 14.2. The van der Waals surface area contributed by atoms with Gasteiger partial charge in [-0.1, -0.05) is 30.3 Å². The molecule has 19 heavy (non-hydrogen) atoms. The molecule has 0 aromatic heterocycles. The van der Waals surface area contributed by atoms with Crippen LogP contribution in [0.4, 0.5) is 13.2 Å². The average Bonchev–Trinajstić information content (AvgIpc) is 2.24. The molecule has 0 aliphatic rings. The minimum atomic E-state index is -4.45. The van der Waals surface area contributed by atoms with Crippen LogP contribution in [0.15, 0.2) is 30.3 Å². The predicted molar refractivity (Wildman–Crippen MR) is 66.3 cm³/mol. The summed E-state index contributed by atoms with van der Waals surface area (Å²) in [4.78, 5) is 10.9. The summed E-state index contributed by atoms with van der Waals surface area (Å²) in [6.45, 7) is 3.03. The number of hydrogen-bond acceptors (Lipinski definition) is 2.